The van der Waals surface area contributed by atoms with Crippen molar-refractivity contribution in [2.24, 2.45) is 5.73 Å². The summed E-state index contributed by atoms with van der Waals surface area (Å²) in [7, 11) is 0. The van der Waals surface area contributed by atoms with Crippen LogP contribution in [-0.2, 0) is 0 Å². The third-order valence-corrected chi connectivity index (χ3v) is 5.09. The first-order chi connectivity index (χ1) is 11.7. The van der Waals surface area contributed by atoms with Gasteiger partial charge in [0.2, 0.25) is 0 Å². The van der Waals surface area contributed by atoms with Crippen LogP contribution in [0.25, 0.3) is 11.3 Å². The fourth-order valence-corrected chi connectivity index (χ4v) is 3.62. The van der Waals surface area contributed by atoms with Crippen LogP contribution in [0.5, 0.6) is 0 Å². The lowest BCUT2D eigenvalue weighted by Crippen LogP contribution is -2.46. The Kier molecular flexibility index (Phi) is 4.86. The van der Waals surface area contributed by atoms with Crippen molar-refractivity contribution in [3.63, 3.8) is 0 Å². The molecule has 1 saturated carbocycles. The van der Waals surface area contributed by atoms with E-state index in [0.717, 1.165) is 4.90 Å². The molecule has 0 bridgehead atoms. The number of halogens is 3. The van der Waals surface area contributed by atoms with Crippen molar-refractivity contribution >= 4 is 35.1 Å². The summed E-state index contributed by atoms with van der Waals surface area (Å²) in [5, 5.41) is 7.96. The van der Waals surface area contributed by atoms with Crippen molar-refractivity contribution in [3.05, 3.63) is 41.0 Å². The summed E-state index contributed by atoms with van der Waals surface area (Å²) in [5.41, 5.74) is 13.0. The van der Waals surface area contributed by atoms with Gasteiger partial charge in [-0.1, -0.05) is 17.7 Å². The molecule has 1 aliphatic carbocycles. The van der Waals surface area contributed by atoms with Gasteiger partial charge in [0.25, 0.3) is 5.92 Å². The van der Waals surface area contributed by atoms with Gasteiger partial charge in [-0.3, -0.25) is 10.1 Å². The number of hydrogen-bond acceptors (Lipinski definition) is 5. The van der Waals surface area contributed by atoms with E-state index in [-0.39, 0.29) is 30.4 Å². The van der Waals surface area contributed by atoms with Gasteiger partial charge in [0, 0.05) is 29.3 Å². The Morgan fingerprint density at radius 1 is 1.32 bits per heavy atom. The molecule has 1 aromatic heterocycles. The lowest BCUT2D eigenvalue weighted by Gasteiger charge is -2.34. The molecular formula is C16H16ClF2N5S. The summed E-state index contributed by atoms with van der Waals surface area (Å²) in [5.74, 6) is -2.77. The van der Waals surface area contributed by atoms with E-state index in [9.17, 15) is 8.78 Å². The molecule has 9 heteroatoms. The number of nitrogen functional groups attached to an aromatic ring is 2. The molecule has 0 unspecified atom stereocenters. The zero-order valence-corrected chi connectivity index (χ0v) is 14.6. The summed E-state index contributed by atoms with van der Waals surface area (Å²) in [6.07, 6.45) is -0.288. The lowest BCUT2D eigenvalue weighted by molar-refractivity contribution is -0.0872. The zero-order valence-electron chi connectivity index (χ0n) is 13.0. The maximum absolute atomic E-state index is 12.8. The van der Waals surface area contributed by atoms with Crippen molar-refractivity contribution in [1.29, 1.82) is 5.41 Å². The van der Waals surface area contributed by atoms with Gasteiger partial charge in [-0.2, -0.15) is 0 Å². The van der Waals surface area contributed by atoms with Crippen LogP contribution < -0.4 is 16.2 Å². The highest BCUT2D eigenvalue weighted by Crippen LogP contribution is 2.39. The van der Waals surface area contributed by atoms with Crippen molar-refractivity contribution in [2.45, 2.75) is 29.7 Å². The van der Waals surface area contributed by atoms with E-state index in [1.165, 1.54) is 11.9 Å². The van der Waals surface area contributed by atoms with Gasteiger partial charge in [0.1, 0.15) is 11.5 Å². The van der Waals surface area contributed by atoms with E-state index in [4.69, 9.17) is 28.5 Å². The standard InChI is InChI=1S/C16H16ClF2N5S/c17-11-5-9(25-24-8-6-16(18,19)7-8)1-2-10(11)13-4-3-12(20)14(23-13)15(21)22/h1-5,8,24H,6-7,20H2,(H3,21,22). The van der Waals surface area contributed by atoms with Gasteiger partial charge >= 0.3 is 0 Å². The van der Waals surface area contributed by atoms with E-state index in [0.29, 0.717) is 22.0 Å². The number of hydrogen-bond donors (Lipinski definition) is 4. The number of anilines is 1. The Balaban J connectivity index is 1.74. The van der Waals surface area contributed by atoms with E-state index >= 15 is 0 Å². The zero-order chi connectivity index (χ0) is 18.2. The summed E-state index contributed by atoms with van der Waals surface area (Å²) < 4.78 is 28.7. The van der Waals surface area contributed by atoms with Gasteiger partial charge in [-0.15, -0.1) is 0 Å². The molecular weight excluding hydrogens is 368 g/mol. The second-order valence-corrected chi connectivity index (χ2v) is 7.19. The van der Waals surface area contributed by atoms with Crippen LogP contribution in [0.2, 0.25) is 5.02 Å². The van der Waals surface area contributed by atoms with Crippen LogP contribution in [0, 0.1) is 5.41 Å². The Morgan fingerprint density at radius 3 is 2.64 bits per heavy atom. The molecule has 132 valence electrons. The second-order valence-electron chi connectivity index (χ2n) is 5.87. The molecule has 1 aliphatic rings. The molecule has 5 nitrogen and oxygen atoms in total. The molecule has 0 spiro atoms. The van der Waals surface area contributed by atoms with Crippen LogP contribution in [-0.4, -0.2) is 22.8 Å². The SMILES string of the molecule is N=C(N)c1nc(-c2ccc(SNC3CC(F)(F)C3)cc2Cl)ccc1N. The fraction of sp³-hybridized carbons (Fsp3) is 0.250. The molecule has 0 atom stereocenters. The van der Waals surface area contributed by atoms with Gasteiger partial charge < -0.3 is 11.5 Å². The quantitative estimate of drug-likeness (QED) is 0.358. The summed E-state index contributed by atoms with van der Waals surface area (Å²) in [6.45, 7) is 0. The van der Waals surface area contributed by atoms with Crippen molar-refractivity contribution in [2.75, 3.05) is 5.73 Å². The van der Waals surface area contributed by atoms with E-state index in [2.05, 4.69) is 9.71 Å². The first kappa shape index (κ1) is 17.9. The number of pyridine rings is 1. The predicted octanol–water partition coefficient (Wildman–Crippen LogP) is 3.66. The molecule has 0 amide bonds. The average Bonchev–Trinajstić information content (AvgIpc) is 2.51. The molecule has 1 heterocycles. The van der Waals surface area contributed by atoms with Crippen LogP contribution in [0.4, 0.5) is 14.5 Å². The Morgan fingerprint density at radius 2 is 2.04 bits per heavy atom. The van der Waals surface area contributed by atoms with Crippen LogP contribution in [0.3, 0.4) is 0 Å². The topological polar surface area (TPSA) is 101 Å². The summed E-state index contributed by atoms with van der Waals surface area (Å²) in [6, 6.07) is 8.46. The van der Waals surface area contributed by atoms with E-state index < -0.39 is 5.92 Å². The number of aromatic nitrogens is 1. The highest BCUT2D eigenvalue weighted by molar-refractivity contribution is 7.97. The summed E-state index contributed by atoms with van der Waals surface area (Å²) in [4.78, 5) is 5.09. The number of alkyl halides is 2. The molecule has 0 aliphatic heterocycles. The van der Waals surface area contributed by atoms with Crippen molar-refractivity contribution in [3.8, 4) is 11.3 Å². The largest absolute Gasteiger partial charge is 0.397 e. The van der Waals surface area contributed by atoms with Gasteiger partial charge in [-0.25, -0.2) is 13.8 Å². The monoisotopic (exact) mass is 383 g/mol. The third kappa shape index (κ3) is 4.02. The van der Waals surface area contributed by atoms with Crippen molar-refractivity contribution < 1.29 is 8.78 Å². The van der Waals surface area contributed by atoms with E-state index in [1.54, 1.807) is 24.3 Å². The van der Waals surface area contributed by atoms with Crippen LogP contribution >= 0.6 is 23.5 Å². The Bertz CT molecular complexity index is 822. The van der Waals surface area contributed by atoms with Gasteiger partial charge in [0.15, 0.2) is 0 Å². The number of nitrogens with zero attached hydrogens (tertiary/aromatic N) is 1. The Hall–Kier alpha value is -1.90. The first-order valence-electron chi connectivity index (χ1n) is 7.46. The predicted molar refractivity (Wildman–Crippen MR) is 97.1 cm³/mol. The van der Waals surface area contributed by atoms with Crippen LogP contribution in [0.15, 0.2) is 35.2 Å². The highest BCUT2D eigenvalue weighted by Gasteiger charge is 2.45. The number of benzene rings is 1. The molecule has 1 aromatic carbocycles. The normalized spacial score (nSPS) is 16.4. The molecule has 6 N–H and O–H groups in total. The molecule has 2 aromatic rings. The second kappa shape index (κ2) is 6.78. The number of amidine groups is 1. The molecule has 0 saturated heterocycles. The minimum absolute atomic E-state index is 0.144. The third-order valence-electron chi connectivity index (χ3n) is 3.83. The highest BCUT2D eigenvalue weighted by atomic mass is 35.5. The maximum atomic E-state index is 12.8. The maximum Gasteiger partial charge on any atom is 0.251 e. The smallest absolute Gasteiger partial charge is 0.251 e. The Labute approximate surface area is 152 Å². The number of nitrogens with two attached hydrogens (primary N) is 2. The number of rotatable bonds is 5. The van der Waals surface area contributed by atoms with E-state index in [1.807, 2.05) is 6.07 Å². The van der Waals surface area contributed by atoms with Crippen LogP contribution in [0.1, 0.15) is 18.5 Å². The molecule has 0 radical (unpaired) electrons. The minimum atomic E-state index is -2.55. The average molecular weight is 384 g/mol. The minimum Gasteiger partial charge on any atom is -0.397 e. The first-order valence-corrected chi connectivity index (χ1v) is 8.66. The molecule has 3 rings (SSSR count). The van der Waals surface area contributed by atoms with Crippen molar-refractivity contribution in [1.82, 2.24) is 9.71 Å². The number of nitrogens with one attached hydrogen (secondary N) is 2. The lowest BCUT2D eigenvalue weighted by atomic mass is 9.89. The molecule has 1 fully saturated rings. The summed E-state index contributed by atoms with van der Waals surface area (Å²) >= 11 is 7.60. The van der Waals surface area contributed by atoms with Gasteiger partial charge in [-0.05, 0) is 36.2 Å². The fourth-order valence-electron chi connectivity index (χ4n) is 2.50. The van der Waals surface area contributed by atoms with Gasteiger partial charge in [0.05, 0.1) is 16.4 Å². The molecule has 25 heavy (non-hydrogen) atoms.